The Morgan fingerprint density at radius 1 is 1.19 bits per heavy atom. The Morgan fingerprint density at radius 3 is 2.33 bits per heavy atom. The van der Waals surface area contributed by atoms with Crippen molar-refractivity contribution in [2.75, 3.05) is 0 Å². The molecular formula is C18H13Cl2F3N2OS. The molecule has 1 amide bonds. The second kappa shape index (κ2) is 7.04. The van der Waals surface area contributed by atoms with Crippen LogP contribution in [0.15, 0.2) is 40.8 Å². The average Bonchev–Trinajstić information content (AvgIpc) is 3.00. The van der Waals surface area contributed by atoms with E-state index in [1.807, 2.05) is 0 Å². The summed E-state index contributed by atoms with van der Waals surface area (Å²) in [4.78, 5) is 11.4. The first-order valence-corrected chi connectivity index (χ1v) is 9.25. The van der Waals surface area contributed by atoms with Crippen LogP contribution in [-0.4, -0.2) is 17.8 Å². The molecule has 0 aliphatic carbocycles. The van der Waals surface area contributed by atoms with E-state index in [-0.39, 0.29) is 27.7 Å². The standard InChI is InChI=1S/C18H13Cl2F3N2OS/c1-9-4-10(2-3-14(9)16(24)26)15-8-17(27-25-15,18(21,22)23)11-5-12(19)7-13(20)6-11/h2-7H,8H2,1H3,(H2,24,26). The lowest BCUT2D eigenvalue weighted by atomic mass is 9.89. The van der Waals surface area contributed by atoms with E-state index in [1.54, 1.807) is 19.1 Å². The molecule has 3 rings (SSSR count). The number of nitrogens with zero attached hydrogens (tertiary/aromatic N) is 1. The van der Waals surface area contributed by atoms with Gasteiger partial charge in [0.25, 0.3) is 0 Å². The summed E-state index contributed by atoms with van der Waals surface area (Å²) in [5, 5.41) is 0.244. The molecule has 0 saturated heterocycles. The van der Waals surface area contributed by atoms with E-state index in [1.165, 1.54) is 24.3 Å². The maximum absolute atomic E-state index is 14.1. The molecule has 1 atom stereocenters. The second-order valence-electron chi connectivity index (χ2n) is 6.18. The highest BCUT2D eigenvalue weighted by Crippen LogP contribution is 2.57. The van der Waals surface area contributed by atoms with Crippen LogP contribution in [0.25, 0.3) is 0 Å². The first-order valence-electron chi connectivity index (χ1n) is 7.73. The number of aryl methyl sites for hydroxylation is 1. The molecule has 27 heavy (non-hydrogen) atoms. The van der Waals surface area contributed by atoms with Gasteiger partial charge in [-0.2, -0.15) is 13.2 Å². The summed E-state index contributed by atoms with van der Waals surface area (Å²) in [5.41, 5.74) is 6.88. The average molecular weight is 433 g/mol. The molecule has 2 N–H and O–H groups in total. The fourth-order valence-electron chi connectivity index (χ4n) is 2.97. The molecule has 0 bridgehead atoms. The SMILES string of the molecule is Cc1cc(C2=NSC(c3cc(Cl)cc(Cl)c3)(C(F)(F)F)C2)ccc1C(N)=O. The maximum Gasteiger partial charge on any atom is 0.409 e. The first-order chi connectivity index (χ1) is 12.5. The van der Waals surface area contributed by atoms with Crippen molar-refractivity contribution < 1.29 is 18.0 Å². The molecule has 1 aliphatic heterocycles. The summed E-state index contributed by atoms with van der Waals surface area (Å²) in [5.74, 6) is -0.597. The van der Waals surface area contributed by atoms with Crippen LogP contribution in [0.4, 0.5) is 13.2 Å². The smallest absolute Gasteiger partial charge is 0.366 e. The molecule has 2 aromatic rings. The van der Waals surface area contributed by atoms with Crippen molar-refractivity contribution in [3.63, 3.8) is 0 Å². The summed E-state index contributed by atoms with van der Waals surface area (Å²) in [6.45, 7) is 1.67. The Hall–Kier alpha value is -1.70. The predicted octanol–water partition coefficient (Wildman–Crippen LogP) is 5.70. The third-order valence-electron chi connectivity index (χ3n) is 4.34. The molecule has 0 fully saturated rings. The van der Waals surface area contributed by atoms with Gasteiger partial charge < -0.3 is 5.73 Å². The summed E-state index contributed by atoms with van der Waals surface area (Å²) < 4.78 is 44.0. The van der Waals surface area contributed by atoms with Gasteiger partial charge in [0.15, 0.2) is 4.75 Å². The lowest BCUT2D eigenvalue weighted by molar-refractivity contribution is -0.159. The van der Waals surface area contributed by atoms with Gasteiger partial charge in [-0.15, -0.1) is 0 Å². The van der Waals surface area contributed by atoms with Crippen molar-refractivity contribution >= 4 is 46.8 Å². The number of rotatable bonds is 3. The lowest BCUT2D eigenvalue weighted by Crippen LogP contribution is -2.38. The van der Waals surface area contributed by atoms with Crippen molar-refractivity contribution in [3.05, 3.63) is 68.7 Å². The number of halogens is 5. The lowest BCUT2D eigenvalue weighted by Gasteiger charge is -2.30. The van der Waals surface area contributed by atoms with Crippen molar-refractivity contribution in [2.45, 2.75) is 24.3 Å². The van der Waals surface area contributed by atoms with Gasteiger partial charge >= 0.3 is 6.18 Å². The van der Waals surface area contributed by atoms with E-state index in [0.717, 1.165) is 0 Å². The van der Waals surface area contributed by atoms with Crippen LogP contribution >= 0.6 is 35.1 Å². The number of nitrogens with two attached hydrogens (primary N) is 1. The Balaban J connectivity index is 2.02. The van der Waals surface area contributed by atoms with E-state index in [0.29, 0.717) is 28.6 Å². The quantitative estimate of drug-likeness (QED) is 0.632. The highest BCUT2D eigenvalue weighted by Gasteiger charge is 2.60. The van der Waals surface area contributed by atoms with Gasteiger partial charge in [-0.1, -0.05) is 29.3 Å². The number of amides is 1. The summed E-state index contributed by atoms with van der Waals surface area (Å²) in [6, 6.07) is 8.54. The number of hydrogen-bond acceptors (Lipinski definition) is 3. The zero-order valence-electron chi connectivity index (χ0n) is 13.9. The molecule has 1 aliphatic rings. The molecule has 0 radical (unpaired) electrons. The molecule has 0 spiro atoms. The third-order valence-corrected chi connectivity index (χ3v) is 6.01. The minimum absolute atomic E-state index is 0.0540. The molecule has 9 heteroatoms. The molecule has 1 heterocycles. The topological polar surface area (TPSA) is 55.4 Å². The van der Waals surface area contributed by atoms with Crippen molar-refractivity contribution in [2.24, 2.45) is 10.1 Å². The first kappa shape index (κ1) is 20.0. The van der Waals surface area contributed by atoms with E-state index in [4.69, 9.17) is 28.9 Å². The monoisotopic (exact) mass is 432 g/mol. The normalized spacial score (nSPS) is 19.9. The Bertz CT molecular complexity index is 942. The predicted molar refractivity (Wildman–Crippen MR) is 103 cm³/mol. The van der Waals surface area contributed by atoms with Crippen LogP contribution < -0.4 is 5.73 Å². The summed E-state index contributed by atoms with van der Waals surface area (Å²) in [6.07, 6.45) is -4.97. The van der Waals surface area contributed by atoms with E-state index < -0.39 is 16.8 Å². The van der Waals surface area contributed by atoms with Gasteiger partial charge in [0.05, 0.1) is 5.71 Å². The minimum Gasteiger partial charge on any atom is -0.366 e. The Labute approximate surface area is 167 Å². The van der Waals surface area contributed by atoms with Gasteiger partial charge in [0.1, 0.15) is 0 Å². The molecular weight excluding hydrogens is 420 g/mol. The minimum atomic E-state index is -4.58. The summed E-state index contributed by atoms with van der Waals surface area (Å²) >= 11 is 12.3. The molecule has 1 unspecified atom stereocenters. The fourth-order valence-corrected chi connectivity index (χ4v) is 4.46. The Morgan fingerprint density at radius 2 is 1.81 bits per heavy atom. The Kier molecular flexibility index (Phi) is 5.22. The van der Waals surface area contributed by atoms with Crippen LogP contribution in [0.2, 0.25) is 10.0 Å². The van der Waals surface area contributed by atoms with Gasteiger partial charge in [0.2, 0.25) is 5.91 Å². The number of carbonyl (C=O) groups is 1. The highest BCUT2D eigenvalue weighted by molar-refractivity contribution is 7.99. The molecule has 2 aromatic carbocycles. The van der Waals surface area contributed by atoms with E-state index >= 15 is 0 Å². The van der Waals surface area contributed by atoms with Crippen molar-refractivity contribution in [1.29, 1.82) is 0 Å². The molecule has 0 saturated carbocycles. The number of primary amides is 1. The van der Waals surface area contributed by atoms with Crippen molar-refractivity contribution in [1.82, 2.24) is 0 Å². The second-order valence-corrected chi connectivity index (χ2v) is 8.12. The van der Waals surface area contributed by atoms with Gasteiger partial charge in [0, 0.05) is 22.0 Å². The zero-order chi connectivity index (χ0) is 20.0. The maximum atomic E-state index is 14.1. The number of alkyl halides is 3. The van der Waals surface area contributed by atoms with Crippen LogP contribution in [-0.2, 0) is 4.75 Å². The van der Waals surface area contributed by atoms with Crippen molar-refractivity contribution in [3.8, 4) is 0 Å². The van der Waals surface area contributed by atoms with Gasteiger partial charge in [-0.25, -0.2) is 4.40 Å². The fraction of sp³-hybridized carbons (Fsp3) is 0.222. The zero-order valence-corrected chi connectivity index (χ0v) is 16.2. The van der Waals surface area contributed by atoms with E-state index in [9.17, 15) is 18.0 Å². The molecule has 3 nitrogen and oxygen atoms in total. The van der Waals surface area contributed by atoms with Gasteiger partial charge in [-0.05, 0) is 65.9 Å². The van der Waals surface area contributed by atoms with Crippen LogP contribution in [0, 0.1) is 6.92 Å². The third kappa shape index (κ3) is 3.68. The molecule has 0 aromatic heterocycles. The number of carbonyl (C=O) groups excluding carboxylic acids is 1. The van der Waals surface area contributed by atoms with Crippen LogP contribution in [0.3, 0.4) is 0 Å². The van der Waals surface area contributed by atoms with Crippen LogP contribution in [0.1, 0.15) is 33.5 Å². The van der Waals surface area contributed by atoms with Gasteiger partial charge in [-0.3, -0.25) is 4.79 Å². The molecule has 142 valence electrons. The van der Waals surface area contributed by atoms with Crippen LogP contribution in [0.5, 0.6) is 0 Å². The summed E-state index contributed by atoms with van der Waals surface area (Å²) in [7, 11) is 0. The highest BCUT2D eigenvalue weighted by atomic mass is 35.5. The largest absolute Gasteiger partial charge is 0.409 e. The number of hydrogen-bond donors (Lipinski definition) is 1. The van der Waals surface area contributed by atoms with E-state index in [2.05, 4.69) is 4.40 Å². The number of benzene rings is 2.